The second-order valence-electron chi connectivity index (χ2n) is 6.72. The highest BCUT2D eigenvalue weighted by atomic mass is 16.2. The van der Waals surface area contributed by atoms with Crippen molar-refractivity contribution >= 4 is 11.8 Å². The van der Waals surface area contributed by atoms with Gasteiger partial charge in [-0.15, -0.1) is 0 Å². The number of aryl methyl sites for hydroxylation is 1. The summed E-state index contributed by atoms with van der Waals surface area (Å²) in [6.45, 7) is 11.9. The number of rotatable bonds is 5. The molecule has 0 bridgehead atoms. The highest BCUT2D eigenvalue weighted by molar-refractivity contribution is 5.87. The van der Waals surface area contributed by atoms with Gasteiger partial charge in [0.15, 0.2) is 0 Å². The Hall–Kier alpha value is -1.84. The molecule has 1 aromatic rings. The molecule has 0 aliphatic heterocycles. The first-order chi connectivity index (χ1) is 10.2. The van der Waals surface area contributed by atoms with Gasteiger partial charge in [-0.25, -0.2) is 0 Å². The SMILES string of the molecule is CCC(=O)N(Cc1ccccc1C)C(C)C(=O)NC(C)(C)C. The van der Waals surface area contributed by atoms with Crippen LogP contribution in [0.4, 0.5) is 0 Å². The van der Waals surface area contributed by atoms with E-state index in [9.17, 15) is 9.59 Å². The number of benzene rings is 1. The molecule has 4 heteroatoms. The Morgan fingerprint density at radius 1 is 1.23 bits per heavy atom. The lowest BCUT2D eigenvalue weighted by Gasteiger charge is -2.31. The minimum absolute atomic E-state index is 0.0141. The molecule has 1 atom stereocenters. The number of hydrogen-bond donors (Lipinski definition) is 1. The molecule has 2 amide bonds. The highest BCUT2D eigenvalue weighted by Gasteiger charge is 2.27. The average Bonchev–Trinajstić information content (AvgIpc) is 2.43. The molecule has 0 saturated carbocycles. The smallest absolute Gasteiger partial charge is 0.242 e. The number of nitrogens with zero attached hydrogens (tertiary/aromatic N) is 1. The molecule has 1 unspecified atom stereocenters. The van der Waals surface area contributed by atoms with Gasteiger partial charge in [0.1, 0.15) is 6.04 Å². The topological polar surface area (TPSA) is 49.4 Å². The third kappa shape index (κ3) is 5.17. The Kier molecular flexibility index (Phi) is 6.15. The molecule has 1 rings (SSSR count). The van der Waals surface area contributed by atoms with E-state index in [1.807, 2.05) is 58.9 Å². The summed E-state index contributed by atoms with van der Waals surface area (Å²) in [5.41, 5.74) is 1.88. The number of carbonyl (C=O) groups excluding carboxylic acids is 2. The zero-order valence-electron chi connectivity index (χ0n) is 14.6. The summed E-state index contributed by atoms with van der Waals surface area (Å²) in [7, 11) is 0. The van der Waals surface area contributed by atoms with E-state index < -0.39 is 6.04 Å². The molecule has 0 aromatic heterocycles. The maximum absolute atomic E-state index is 12.4. The summed E-state index contributed by atoms with van der Waals surface area (Å²) in [5, 5.41) is 2.95. The predicted octanol–water partition coefficient (Wildman–Crippen LogP) is 3.04. The number of hydrogen-bond acceptors (Lipinski definition) is 2. The number of carbonyl (C=O) groups is 2. The molecule has 4 nitrogen and oxygen atoms in total. The van der Waals surface area contributed by atoms with Gasteiger partial charge in [0.25, 0.3) is 0 Å². The van der Waals surface area contributed by atoms with Gasteiger partial charge in [-0.05, 0) is 45.7 Å². The van der Waals surface area contributed by atoms with Crippen molar-refractivity contribution in [3.8, 4) is 0 Å². The fourth-order valence-corrected chi connectivity index (χ4v) is 2.23. The molecule has 1 aromatic carbocycles. The molecule has 0 heterocycles. The molecule has 0 aliphatic carbocycles. The third-order valence-electron chi connectivity index (χ3n) is 3.57. The van der Waals surface area contributed by atoms with Crippen LogP contribution in [0, 0.1) is 6.92 Å². The number of nitrogens with one attached hydrogen (secondary N) is 1. The molecule has 0 spiro atoms. The molecule has 0 aliphatic rings. The minimum atomic E-state index is -0.494. The Morgan fingerprint density at radius 2 is 1.82 bits per heavy atom. The Balaban J connectivity index is 2.96. The van der Waals surface area contributed by atoms with Crippen molar-refractivity contribution in [2.75, 3.05) is 0 Å². The summed E-state index contributed by atoms with van der Waals surface area (Å²) in [6, 6.07) is 7.45. The Bertz CT molecular complexity index is 532. The molecule has 0 fully saturated rings. The van der Waals surface area contributed by atoms with Gasteiger partial charge in [0, 0.05) is 18.5 Å². The van der Waals surface area contributed by atoms with Gasteiger partial charge in [-0.2, -0.15) is 0 Å². The molecule has 22 heavy (non-hydrogen) atoms. The van der Waals surface area contributed by atoms with Gasteiger partial charge < -0.3 is 10.2 Å². The van der Waals surface area contributed by atoms with Crippen LogP contribution in [0.25, 0.3) is 0 Å². The fraction of sp³-hybridized carbons (Fsp3) is 0.556. The van der Waals surface area contributed by atoms with Crippen molar-refractivity contribution in [1.82, 2.24) is 10.2 Å². The van der Waals surface area contributed by atoms with Crippen molar-refractivity contribution in [2.24, 2.45) is 0 Å². The van der Waals surface area contributed by atoms with E-state index in [0.29, 0.717) is 13.0 Å². The van der Waals surface area contributed by atoms with E-state index in [-0.39, 0.29) is 17.4 Å². The first-order valence-electron chi connectivity index (χ1n) is 7.81. The van der Waals surface area contributed by atoms with Crippen LogP contribution in [0.15, 0.2) is 24.3 Å². The second kappa shape index (κ2) is 7.43. The fourth-order valence-electron chi connectivity index (χ4n) is 2.23. The molecule has 1 N–H and O–H groups in total. The van der Waals surface area contributed by atoms with Crippen LogP contribution in [0.2, 0.25) is 0 Å². The van der Waals surface area contributed by atoms with Crippen molar-refractivity contribution < 1.29 is 9.59 Å². The van der Waals surface area contributed by atoms with Gasteiger partial charge in [-0.1, -0.05) is 31.2 Å². The summed E-state index contributed by atoms with van der Waals surface area (Å²) < 4.78 is 0. The lowest BCUT2D eigenvalue weighted by atomic mass is 10.1. The third-order valence-corrected chi connectivity index (χ3v) is 3.57. The van der Waals surface area contributed by atoms with Crippen LogP contribution in [0.1, 0.15) is 52.2 Å². The summed E-state index contributed by atoms with van der Waals surface area (Å²) >= 11 is 0. The predicted molar refractivity (Wildman–Crippen MR) is 89.4 cm³/mol. The lowest BCUT2D eigenvalue weighted by Crippen LogP contribution is -2.52. The Morgan fingerprint density at radius 3 is 2.32 bits per heavy atom. The average molecular weight is 304 g/mol. The zero-order chi connectivity index (χ0) is 16.9. The van der Waals surface area contributed by atoms with Crippen LogP contribution in [0.3, 0.4) is 0 Å². The summed E-state index contributed by atoms with van der Waals surface area (Å²) in [6.07, 6.45) is 0.388. The van der Waals surface area contributed by atoms with Crippen molar-refractivity contribution in [3.63, 3.8) is 0 Å². The molecular weight excluding hydrogens is 276 g/mol. The Labute approximate surface area is 133 Å². The van der Waals surface area contributed by atoms with E-state index in [1.54, 1.807) is 11.8 Å². The minimum Gasteiger partial charge on any atom is -0.350 e. The van der Waals surface area contributed by atoms with Crippen molar-refractivity contribution in [3.05, 3.63) is 35.4 Å². The molecular formula is C18H28N2O2. The maximum Gasteiger partial charge on any atom is 0.242 e. The van der Waals surface area contributed by atoms with Gasteiger partial charge >= 0.3 is 0 Å². The van der Waals surface area contributed by atoms with E-state index in [1.165, 1.54) is 0 Å². The van der Waals surface area contributed by atoms with E-state index in [4.69, 9.17) is 0 Å². The maximum atomic E-state index is 12.4. The van der Waals surface area contributed by atoms with Crippen molar-refractivity contribution in [2.45, 2.75) is 66.1 Å². The molecule has 122 valence electrons. The van der Waals surface area contributed by atoms with Gasteiger partial charge in [-0.3, -0.25) is 9.59 Å². The van der Waals surface area contributed by atoms with E-state index in [2.05, 4.69) is 5.32 Å². The zero-order valence-corrected chi connectivity index (χ0v) is 14.6. The van der Waals surface area contributed by atoms with Gasteiger partial charge in [0.05, 0.1) is 0 Å². The first kappa shape index (κ1) is 18.2. The van der Waals surface area contributed by atoms with E-state index in [0.717, 1.165) is 11.1 Å². The normalized spacial score (nSPS) is 12.6. The highest BCUT2D eigenvalue weighted by Crippen LogP contribution is 2.15. The summed E-state index contributed by atoms with van der Waals surface area (Å²) in [5.74, 6) is -0.136. The lowest BCUT2D eigenvalue weighted by molar-refractivity contribution is -0.141. The van der Waals surface area contributed by atoms with Crippen LogP contribution in [0.5, 0.6) is 0 Å². The van der Waals surface area contributed by atoms with E-state index >= 15 is 0 Å². The van der Waals surface area contributed by atoms with Gasteiger partial charge in [0.2, 0.25) is 11.8 Å². The second-order valence-corrected chi connectivity index (χ2v) is 6.72. The van der Waals surface area contributed by atoms with Crippen LogP contribution in [-0.4, -0.2) is 28.3 Å². The molecule has 0 radical (unpaired) electrons. The van der Waals surface area contributed by atoms with Crippen LogP contribution >= 0.6 is 0 Å². The summed E-state index contributed by atoms with van der Waals surface area (Å²) in [4.78, 5) is 26.3. The van der Waals surface area contributed by atoms with Crippen molar-refractivity contribution in [1.29, 1.82) is 0 Å². The molecule has 0 saturated heterocycles. The van der Waals surface area contributed by atoms with Crippen LogP contribution in [-0.2, 0) is 16.1 Å². The number of amides is 2. The standard InChI is InChI=1S/C18H28N2O2/c1-7-16(21)20(12-15-11-9-8-10-13(15)2)14(3)17(22)19-18(4,5)6/h8-11,14H,7,12H2,1-6H3,(H,19,22). The first-order valence-corrected chi connectivity index (χ1v) is 7.81. The quantitative estimate of drug-likeness (QED) is 0.909. The monoisotopic (exact) mass is 304 g/mol. The van der Waals surface area contributed by atoms with Crippen LogP contribution < -0.4 is 5.32 Å². The largest absolute Gasteiger partial charge is 0.350 e.